The van der Waals surface area contributed by atoms with Crippen LogP contribution in [-0.4, -0.2) is 18.0 Å². The minimum absolute atomic E-state index is 0.226. The van der Waals surface area contributed by atoms with Gasteiger partial charge in [0, 0.05) is 0 Å². The number of nitriles is 1. The molecule has 0 heterocycles. The minimum Gasteiger partial charge on any atom is -0.449 e. The van der Waals surface area contributed by atoms with Gasteiger partial charge in [-0.2, -0.15) is 5.26 Å². The van der Waals surface area contributed by atoms with Gasteiger partial charge >= 0.3 is 5.97 Å². The molecular formula is C5H6ClNO2. The van der Waals surface area contributed by atoms with Crippen molar-refractivity contribution in [1.29, 1.82) is 5.26 Å². The standard InChI is InChI=1S/C5H6ClNO2/c1-4(6)5(8)9-3-2-7/h4H,3H2,1H3. The maximum Gasteiger partial charge on any atom is 0.324 e. The number of carbonyl (C=O) groups excluding carboxylic acids is 1. The van der Waals surface area contributed by atoms with Crippen molar-refractivity contribution in [3.8, 4) is 6.07 Å². The molecule has 3 nitrogen and oxygen atoms in total. The van der Waals surface area contributed by atoms with E-state index in [1.807, 2.05) is 0 Å². The van der Waals surface area contributed by atoms with Crippen molar-refractivity contribution in [2.24, 2.45) is 0 Å². The number of hydrogen-bond donors (Lipinski definition) is 0. The number of ether oxygens (including phenoxy) is 1. The second kappa shape index (κ2) is 4.16. The van der Waals surface area contributed by atoms with Crippen molar-refractivity contribution in [2.45, 2.75) is 12.3 Å². The predicted octanol–water partition coefficient (Wildman–Crippen LogP) is 0.680. The van der Waals surface area contributed by atoms with Crippen LogP contribution >= 0.6 is 11.6 Å². The average molecular weight is 148 g/mol. The Morgan fingerprint density at radius 3 is 2.89 bits per heavy atom. The number of halogens is 1. The topological polar surface area (TPSA) is 50.1 Å². The van der Waals surface area contributed by atoms with Gasteiger partial charge in [0.25, 0.3) is 0 Å². The van der Waals surface area contributed by atoms with Gasteiger partial charge in [-0.25, -0.2) is 0 Å². The number of hydrogen-bond acceptors (Lipinski definition) is 3. The molecule has 0 saturated heterocycles. The Labute approximate surface area is 58.2 Å². The summed E-state index contributed by atoms with van der Waals surface area (Å²) in [7, 11) is 0. The van der Waals surface area contributed by atoms with Gasteiger partial charge in [0.05, 0.1) is 0 Å². The van der Waals surface area contributed by atoms with Crippen LogP contribution in [0.3, 0.4) is 0 Å². The maximum atomic E-state index is 10.4. The minimum atomic E-state index is -0.668. The zero-order valence-corrected chi connectivity index (χ0v) is 5.68. The molecule has 1 atom stereocenters. The number of esters is 1. The first-order chi connectivity index (χ1) is 4.18. The lowest BCUT2D eigenvalue weighted by Crippen LogP contribution is -2.14. The van der Waals surface area contributed by atoms with Crippen molar-refractivity contribution in [1.82, 2.24) is 0 Å². The fourth-order valence-corrected chi connectivity index (χ4v) is 0.281. The molecule has 0 radical (unpaired) electrons. The molecule has 4 heteroatoms. The van der Waals surface area contributed by atoms with Crippen molar-refractivity contribution in [3.05, 3.63) is 0 Å². The number of rotatable bonds is 2. The Kier molecular flexibility index (Phi) is 3.81. The summed E-state index contributed by atoms with van der Waals surface area (Å²) in [5, 5.41) is 7.26. The van der Waals surface area contributed by atoms with Crippen molar-refractivity contribution in [2.75, 3.05) is 6.61 Å². The summed E-state index contributed by atoms with van der Waals surface area (Å²) in [6.45, 7) is 1.26. The van der Waals surface area contributed by atoms with E-state index in [0.29, 0.717) is 0 Å². The maximum absolute atomic E-state index is 10.4. The Hall–Kier alpha value is -0.750. The van der Waals surface area contributed by atoms with Crippen LogP contribution in [0.1, 0.15) is 6.92 Å². The largest absolute Gasteiger partial charge is 0.449 e. The quantitative estimate of drug-likeness (QED) is 0.426. The van der Waals surface area contributed by atoms with Crippen LogP contribution in [0.2, 0.25) is 0 Å². The van der Waals surface area contributed by atoms with Crippen molar-refractivity contribution < 1.29 is 9.53 Å². The molecule has 0 amide bonds. The fourth-order valence-electron chi connectivity index (χ4n) is 0.218. The Balaban J connectivity index is 3.42. The second-order valence-electron chi connectivity index (χ2n) is 1.38. The summed E-state index contributed by atoms with van der Waals surface area (Å²) in [5.74, 6) is -0.557. The number of nitrogens with zero attached hydrogens (tertiary/aromatic N) is 1. The molecule has 1 unspecified atom stereocenters. The van der Waals surface area contributed by atoms with Crippen LogP contribution in [0.25, 0.3) is 0 Å². The first-order valence-electron chi connectivity index (χ1n) is 2.36. The number of alkyl halides is 1. The molecule has 0 N–H and O–H groups in total. The van der Waals surface area contributed by atoms with Crippen LogP contribution in [0.4, 0.5) is 0 Å². The molecule has 0 aliphatic heterocycles. The summed E-state index contributed by atoms with van der Waals surface area (Å²) in [6.07, 6.45) is 0. The molecule has 50 valence electrons. The van der Waals surface area contributed by atoms with E-state index in [4.69, 9.17) is 16.9 Å². The van der Waals surface area contributed by atoms with Gasteiger partial charge in [0.15, 0.2) is 6.61 Å². The van der Waals surface area contributed by atoms with Gasteiger partial charge in [0.1, 0.15) is 11.4 Å². The lowest BCUT2D eigenvalue weighted by atomic mass is 10.5. The van der Waals surface area contributed by atoms with Gasteiger partial charge in [-0.05, 0) is 6.92 Å². The third kappa shape index (κ3) is 3.80. The fraction of sp³-hybridized carbons (Fsp3) is 0.600. The normalized spacial score (nSPS) is 11.7. The van der Waals surface area contributed by atoms with E-state index in [2.05, 4.69) is 4.74 Å². The van der Waals surface area contributed by atoms with Crippen LogP contribution in [-0.2, 0) is 9.53 Å². The number of carbonyl (C=O) groups is 1. The molecule has 0 fully saturated rings. The zero-order chi connectivity index (χ0) is 7.28. The van der Waals surface area contributed by atoms with Crippen molar-refractivity contribution >= 4 is 17.6 Å². The summed E-state index contributed by atoms with van der Waals surface area (Å²) >= 11 is 5.28. The third-order valence-electron chi connectivity index (χ3n) is 0.604. The van der Waals surface area contributed by atoms with Gasteiger partial charge in [0.2, 0.25) is 0 Å². The van der Waals surface area contributed by atoms with E-state index in [9.17, 15) is 4.79 Å². The third-order valence-corrected chi connectivity index (χ3v) is 0.782. The smallest absolute Gasteiger partial charge is 0.324 e. The molecule has 0 rings (SSSR count). The SMILES string of the molecule is CC(Cl)C(=O)OCC#N. The molecular weight excluding hydrogens is 142 g/mol. The van der Waals surface area contributed by atoms with Crippen LogP contribution in [0.5, 0.6) is 0 Å². The van der Waals surface area contributed by atoms with Gasteiger partial charge in [-0.15, -0.1) is 11.6 Å². The highest BCUT2D eigenvalue weighted by atomic mass is 35.5. The van der Waals surface area contributed by atoms with Gasteiger partial charge < -0.3 is 4.74 Å². The lowest BCUT2D eigenvalue weighted by molar-refractivity contribution is -0.141. The Morgan fingerprint density at radius 1 is 2.00 bits per heavy atom. The molecule has 0 aliphatic carbocycles. The summed E-state index contributed by atoms with van der Waals surface area (Å²) in [4.78, 5) is 10.4. The van der Waals surface area contributed by atoms with Crippen LogP contribution in [0, 0.1) is 11.3 Å². The van der Waals surface area contributed by atoms with E-state index >= 15 is 0 Å². The van der Waals surface area contributed by atoms with Crippen molar-refractivity contribution in [3.63, 3.8) is 0 Å². The molecule has 0 aromatic heterocycles. The Morgan fingerprint density at radius 2 is 2.56 bits per heavy atom. The molecule has 0 aromatic carbocycles. The van der Waals surface area contributed by atoms with Gasteiger partial charge in [-0.3, -0.25) is 4.79 Å². The second-order valence-corrected chi connectivity index (χ2v) is 2.04. The highest BCUT2D eigenvalue weighted by molar-refractivity contribution is 6.29. The van der Waals surface area contributed by atoms with E-state index in [1.165, 1.54) is 6.92 Å². The first-order valence-corrected chi connectivity index (χ1v) is 2.79. The molecule has 0 spiro atoms. The van der Waals surface area contributed by atoms with Crippen LogP contribution < -0.4 is 0 Å². The average Bonchev–Trinajstić information content (AvgIpc) is 1.82. The first kappa shape index (κ1) is 8.25. The van der Waals surface area contributed by atoms with Gasteiger partial charge in [-0.1, -0.05) is 0 Å². The van der Waals surface area contributed by atoms with E-state index in [1.54, 1.807) is 6.07 Å². The highest BCUT2D eigenvalue weighted by Crippen LogP contribution is 1.95. The summed E-state index contributed by atoms with van der Waals surface area (Å²) in [6, 6.07) is 1.65. The summed E-state index contributed by atoms with van der Waals surface area (Å²) < 4.78 is 4.32. The molecule has 0 aliphatic rings. The highest BCUT2D eigenvalue weighted by Gasteiger charge is 2.08. The van der Waals surface area contributed by atoms with E-state index in [0.717, 1.165) is 0 Å². The van der Waals surface area contributed by atoms with E-state index < -0.39 is 11.3 Å². The zero-order valence-electron chi connectivity index (χ0n) is 4.93. The molecule has 0 bridgehead atoms. The molecule has 0 saturated carbocycles. The summed E-state index contributed by atoms with van der Waals surface area (Å²) in [5.41, 5.74) is 0. The lowest BCUT2D eigenvalue weighted by Gasteiger charge is -1.98. The predicted molar refractivity (Wildman–Crippen MR) is 31.9 cm³/mol. The monoisotopic (exact) mass is 147 g/mol. The van der Waals surface area contributed by atoms with Crippen LogP contribution in [0.15, 0.2) is 0 Å². The molecule has 9 heavy (non-hydrogen) atoms. The molecule has 0 aromatic rings. The Bertz CT molecular complexity index is 138. The van der Waals surface area contributed by atoms with E-state index in [-0.39, 0.29) is 6.61 Å².